The third-order valence-electron chi connectivity index (χ3n) is 5.89. The van der Waals surface area contributed by atoms with Crippen LogP contribution < -0.4 is 10.1 Å². The zero-order valence-corrected chi connectivity index (χ0v) is 17.8. The number of carbonyl (C=O) groups excluding carboxylic acids is 1. The van der Waals surface area contributed by atoms with Crippen LogP contribution in [0.2, 0.25) is 0 Å². The zero-order valence-electron chi connectivity index (χ0n) is 16.9. The highest BCUT2D eigenvalue weighted by Crippen LogP contribution is 2.35. The summed E-state index contributed by atoms with van der Waals surface area (Å²) < 4.78 is 31.2. The number of ether oxygens (including phenoxy) is 1. The van der Waals surface area contributed by atoms with E-state index in [1.165, 1.54) is 11.1 Å². The molecule has 0 spiro atoms. The second-order valence-corrected chi connectivity index (χ2v) is 10.0. The van der Waals surface area contributed by atoms with Crippen LogP contribution in [0.15, 0.2) is 18.2 Å². The van der Waals surface area contributed by atoms with Crippen LogP contribution in [-0.2, 0) is 21.2 Å². The van der Waals surface area contributed by atoms with E-state index in [-0.39, 0.29) is 23.6 Å². The number of amides is 1. The van der Waals surface area contributed by atoms with Crippen molar-refractivity contribution < 1.29 is 17.9 Å². The van der Waals surface area contributed by atoms with E-state index in [1.54, 1.807) is 11.4 Å². The van der Waals surface area contributed by atoms with Crippen molar-refractivity contribution in [3.8, 4) is 5.75 Å². The molecule has 156 valence electrons. The number of hydrogen-bond acceptors (Lipinski definition) is 4. The molecule has 1 aromatic rings. The first kappa shape index (κ1) is 21.1. The number of benzene rings is 1. The first-order chi connectivity index (χ1) is 13.4. The number of methoxy groups -OCH3 is 1. The van der Waals surface area contributed by atoms with Crippen LogP contribution >= 0.6 is 0 Å². The van der Waals surface area contributed by atoms with Crippen LogP contribution in [0, 0.1) is 0 Å². The van der Waals surface area contributed by atoms with Gasteiger partial charge in [-0.05, 0) is 67.7 Å². The summed E-state index contributed by atoms with van der Waals surface area (Å²) in [7, 11) is -1.46. The van der Waals surface area contributed by atoms with E-state index in [4.69, 9.17) is 4.74 Å². The Morgan fingerprint density at radius 3 is 2.68 bits per heavy atom. The number of nitrogens with one attached hydrogen (secondary N) is 1. The molecule has 1 aliphatic carbocycles. The summed E-state index contributed by atoms with van der Waals surface area (Å²) in [5, 5.41) is 3.14. The minimum absolute atomic E-state index is 0.0690. The van der Waals surface area contributed by atoms with E-state index in [9.17, 15) is 13.2 Å². The SMILES string of the molecule is CCCS(=O)(=O)N1CCC(NC(=O)CC2CCCc3cc(OC)ccc32)CC1. The van der Waals surface area contributed by atoms with Crippen molar-refractivity contribution in [2.45, 2.75) is 63.8 Å². The van der Waals surface area contributed by atoms with Gasteiger partial charge in [0.1, 0.15) is 5.75 Å². The fourth-order valence-electron chi connectivity index (χ4n) is 4.41. The predicted octanol–water partition coefficient (Wildman–Crippen LogP) is 2.83. The van der Waals surface area contributed by atoms with E-state index in [2.05, 4.69) is 17.4 Å². The van der Waals surface area contributed by atoms with E-state index in [1.807, 2.05) is 13.0 Å². The van der Waals surface area contributed by atoms with Gasteiger partial charge in [0.2, 0.25) is 15.9 Å². The van der Waals surface area contributed by atoms with Crippen molar-refractivity contribution in [2.75, 3.05) is 26.0 Å². The third kappa shape index (κ3) is 5.06. The fourth-order valence-corrected chi connectivity index (χ4v) is 5.95. The average molecular weight is 409 g/mol. The van der Waals surface area contributed by atoms with E-state index >= 15 is 0 Å². The van der Waals surface area contributed by atoms with Gasteiger partial charge in [0.15, 0.2) is 0 Å². The highest BCUT2D eigenvalue weighted by Gasteiger charge is 2.29. The summed E-state index contributed by atoms with van der Waals surface area (Å²) in [4.78, 5) is 12.6. The molecular weight excluding hydrogens is 376 g/mol. The first-order valence-corrected chi connectivity index (χ1v) is 12.0. The second-order valence-electron chi connectivity index (χ2n) is 7.91. The summed E-state index contributed by atoms with van der Waals surface area (Å²) in [6, 6.07) is 6.23. The molecule has 1 saturated heterocycles. The Labute approximate surface area is 168 Å². The Hall–Kier alpha value is -1.60. The van der Waals surface area contributed by atoms with Gasteiger partial charge in [-0.25, -0.2) is 12.7 Å². The maximum absolute atomic E-state index is 12.6. The number of nitrogens with zero attached hydrogens (tertiary/aromatic N) is 1. The fraction of sp³-hybridized carbons (Fsp3) is 0.667. The highest BCUT2D eigenvalue weighted by atomic mass is 32.2. The molecule has 1 unspecified atom stereocenters. The summed E-state index contributed by atoms with van der Waals surface area (Å²) in [6.45, 7) is 2.88. The van der Waals surface area contributed by atoms with Gasteiger partial charge in [0.05, 0.1) is 12.9 Å². The van der Waals surface area contributed by atoms with Crippen molar-refractivity contribution >= 4 is 15.9 Å². The van der Waals surface area contributed by atoms with E-state index in [0.717, 1.165) is 25.0 Å². The molecule has 6 nitrogen and oxygen atoms in total. The molecular formula is C21H32N2O4S. The molecule has 0 aromatic heterocycles. The summed E-state index contributed by atoms with van der Waals surface area (Å²) in [6.07, 6.45) is 5.66. The van der Waals surface area contributed by atoms with Crippen LogP contribution in [0.3, 0.4) is 0 Å². The number of carbonyl (C=O) groups is 1. The zero-order chi connectivity index (χ0) is 20.1. The summed E-state index contributed by atoms with van der Waals surface area (Å²) in [5.41, 5.74) is 2.56. The number of fused-ring (bicyclic) bond motifs is 1. The van der Waals surface area contributed by atoms with Gasteiger partial charge >= 0.3 is 0 Å². The Kier molecular flexibility index (Phi) is 6.99. The van der Waals surface area contributed by atoms with Crippen molar-refractivity contribution in [3.63, 3.8) is 0 Å². The second kappa shape index (κ2) is 9.27. The number of sulfonamides is 1. The molecule has 1 amide bonds. The van der Waals surface area contributed by atoms with E-state index < -0.39 is 10.0 Å². The van der Waals surface area contributed by atoms with Crippen molar-refractivity contribution in [1.29, 1.82) is 0 Å². The maximum Gasteiger partial charge on any atom is 0.220 e. The summed E-state index contributed by atoms with van der Waals surface area (Å²) in [5.74, 6) is 1.40. The molecule has 1 aromatic carbocycles. The lowest BCUT2D eigenvalue weighted by molar-refractivity contribution is -0.122. The average Bonchev–Trinajstić information content (AvgIpc) is 2.68. The molecule has 2 aliphatic rings. The van der Waals surface area contributed by atoms with Crippen LogP contribution in [0.1, 0.15) is 62.5 Å². The first-order valence-electron chi connectivity index (χ1n) is 10.4. The molecule has 1 fully saturated rings. The Balaban J connectivity index is 1.52. The number of hydrogen-bond donors (Lipinski definition) is 1. The lowest BCUT2D eigenvalue weighted by Crippen LogP contribution is -2.47. The van der Waals surface area contributed by atoms with Crippen LogP contribution in [0.4, 0.5) is 0 Å². The minimum atomic E-state index is -3.14. The molecule has 1 heterocycles. The standard InChI is InChI=1S/C21H32N2O4S/c1-3-13-28(25,26)23-11-9-18(10-12-23)22-21(24)15-17-6-4-5-16-14-19(27-2)7-8-20(16)17/h7-8,14,17-18H,3-6,9-13,15H2,1-2H3,(H,22,24). The van der Waals surface area contributed by atoms with Crippen molar-refractivity contribution in [2.24, 2.45) is 0 Å². The van der Waals surface area contributed by atoms with Crippen LogP contribution in [-0.4, -0.2) is 50.6 Å². The third-order valence-corrected chi connectivity index (χ3v) is 7.97. The van der Waals surface area contributed by atoms with Crippen molar-refractivity contribution in [1.82, 2.24) is 9.62 Å². The van der Waals surface area contributed by atoms with Gasteiger partial charge in [-0.3, -0.25) is 4.79 Å². The number of rotatable bonds is 7. The number of aryl methyl sites for hydroxylation is 1. The smallest absolute Gasteiger partial charge is 0.220 e. The Morgan fingerprint density at radius 1 is 1.25 bits per heavy atom. The molecule has 1 atom stereocenters. The van der Waals surface area contributed by atoms with Gasteiger partial charge in [-0.2, -0.15) is 0 Å². The maximum atomic E-state index is 12.6. The quantitative estimate of drug-likeness (QED) is 0.753. The Morgan fingerprint density at radius 2 is 2.00 bits per heavy atom. The normalized spacial score (nSPS) is 21.1. The predicted molar refractivity (Wildman–Crippen MR) is 110 cm³/mol. The van der Waals surface area contributed by atoms with Gasteiger partial charge in [0.25, 0.3) is 0 Å². The molecule has 0 saturated carbocycles. The molecule has 28 heavy (non-hydrogen) atoms. The lowest BCUT2D eigenvalue weighted by Gasteiger charge is -2.32. The molecule has 3 rings (SSSR count). The molecule has 1 N–H and O–H groups in total. The highest BCUT2D eigenvalue weighted by molar-refractivity contribution is 7.89. The Bertz CT molecular complexity index is 786. The number of piperidine rings is 1. The summed E-state index contributed by atoms with van der Waals surface area (Å²) >= 11 is 0. The monoisotopic (exact) mass is 408 g/mol. The molecule has 0 radical (unpaired) electrons. The van der Waals surface area contributed by atoms with Gasteiger partial charge in [-0.15, -0.1) is 0 Å². The minimum Gasteiger partial charge on any atom is -0.497 e. The van der Waals surface area contributed by atoms with Gasteiger partial charge in [0, 0.05) is 25.6 Å². The van der Waals surface area contributed by atoms with Gasteiger partial charge in [-0.1, -0.05) is 13.0 Å². The topological polar surface area (TPSA) is 75.7 Å². The van der Waals surface area contributed by atoms with Gasteiger partial charge < -0.3 is 10.1 Å². The molecule has 0 bridgehead atoms. The largest absolute Gasteiger partial charge is 0.497 e. The molecule has 1 aliphatic heterocycles. The van der Waals surface area contributed by atoms with Crippen molar-refractivity contribution in [3.05, 3.63) is 29.3 Å². The van der Waals surface area contributed by atoms with E-state index in [0.29, 0.717) is 38.8 Å². The lowest BCUT2D eigenvalue weighted by atomic mass is 9.81. The van der Waals surface area contributed by atoms with Crippen LogP contribution in [0.5, 0.6) is 5.75 Å². The van der Waals surface area contributed by atoms with Crippen LogP contribution in [0.25, 0.3) is 0 Å². The molecule has 7 heteroatoms.